The van der Waals surface area contributed by atoms with Crippen LogP contribution in [-0.4, -0.2) is 19.6 Å². The van der Waals surface area contributed by atoms with Crippen molar-refractivity contribution in [2.75, 3.05) is 23.9 Å². The molecule has 6 heteroatoms. The summed E-state index contributed by atoms with van der Waals surface area (Å²) in [5.41, 5.74) is 3.42. The van der Waals surface area contributed by atoms with E-state index in [0.717, 1.165) is 40.4 Å². The van der Waals surface area contributed by atoms with E-state index in [1.165, 1.54) is 0 Å². The molecule has 0 radical (unpaired) electrons. The molecule has 0 saturated carbocycles. The summed E-state index contributed by atoms with van der Waals surface area (Å²) in [6, 6.07) is 19.1. The third kappa shape index (κ3) is 4.30. The second-order valence-corrected chi connectivity index (χ2v) is 9.80. The maximum Gasteiger partial charge on any atom is 0.242 e. The number of anilines is 2. The second-order valence-electron chi connectivity index (χ2n) is 8.96. The largest absolute Gasteiger partial charge is 0.496 e. The number of hydrogen-bond acceptors (Lipinski definition) is 3. The number of methoxy groups -OCH3 is 1. The Balaban J connectivity index is 1.74. The molecule has 4 nitrogen and oxygen atoms in total. The molecule has 0 aliphatic carbocycles. The summed E-state index contributed by atoms with van der Waals surface area (Å²) in [4.78, 5) is 15.8. The van der Waals surface area contributed by atoms with Crippen LogP contribution in [-0.2, 0) is 16.8 Å². The fourth-order valence-corrected chi connectivity index (χ4v) is 4.90. The van der Waals surface area contributed by atoms with E-state index >= 15 is 0 Å². The summed E-state index contributed by atoms with van der Waals surface area (Å²) < 4.78 is 5.68. The van der Waals surface area contributed by atoms with Crippen molar-refractivity contribution in [1.82, 2.24) is 0 Å². The number of benzene rings is 3. The smallest absolute Gasteiger partial charge is 0.242 e. The highest BCUT2D eigenvalue weighted by Crippen LogP contribution is 2.49. The minimum Gasteiger partial charge on any atom is -0.496 e. The third-order valence-electron chi connectivity index (χ3n) is 6.20. The number of carbonyl (C=O) groups excluding carboxylic acids is 1. The quantitative estimate of drug-likeness (QED) is 0.397. The van der Waals surface area contributed by atoms with Crippen LogP contribution in [0.1, 0.15) is 37.5 Å². The molecule has 4 rings (SSSR count). The predicted molar refractivity (Wildman–Crippen MR) is 137 cm³/mol. The molecule has 1 atom stereocenters. The van der Waals surface area contributed by atoms with Crippen molar-refractivity contribution in [3.05, 3.63) is 87.4 Å². The first-order valence-corrected chi connectivity index (χ1v) is 11.8. The highest BCUT2D eigenvalue weighted by molar-refractivity contribution is 6.32. The second kappa shape index (κ2) is 9.28. The zero-order valence-corrected chi connectivity index (χ0v) is 20.8. The molecular weight excluding hydrogens is 455 g/mol. The molecule has 1 unspecified atom stereocenters. The minimum atomic E-state index is -0.940. The Hall–Kier alpha value is -2.69. The summed E-state index contributed by atoms with van der Waals surface area (Å²) in [6.07, 6.45) is 0. The van der Waals surface area contributed by atoms with Gasteiger partial charge in [0, 0.05) is 39.6 Å². The zero-order chi connectivity index (χ0) is 23.8. The van der Waals surface area contributed by atoms with Crippen LogP contribution in [0.5, 0.6) is 5.75 Å². The fraction of sp³-hybridized carbons (Fsp3) is 0.296. The van der Waals surface area contributed by atoms with E-state index in [9.17, 15) is 4.79 Å². The third-order valence-corrected chi connectivity index (χ3v) is 6.77. The highest BCUT2D eigenvalue weighted by atomic mass is 35.5. The lowest BCUT2D eigenvalue weighted by atomic mass is 9.77. The van der Waals surface area contributed by atoms with Crippen molar-refractivity contribution in [2.45, 2.75) is 32.7 Å². The number of rotatable bonds is 7. The van der Waals surface area contributed by atoms with E-state index in [1.807, 2.05) is 67.6 Å². The van der Waals surface area contributed by atoms with Gasteiger partial charge in [0.05, 0.1) is 13.7 Å². The normalized spacial score (nSPS) is 17.4. The molecule has 1 N–H and O–H groups in total. The maximum atomic E-state index is 14.0. The molecule has 1 aliphatic heterocycles. The zero-order valence-electron chi connectivity index (χ0n) is 19.3. The number of nitrogens with zero attached hydrogens (tertiary/aromatic N) is 1. The van der Waals surface area contributed by atoms with Crippen molar-refractivity contribution >= 4 is 40.5 Å². The van der Waals surface area contributed by atoms with Crippen LogP contribution in [0.2, 0.25) is 10.0 Å². The molecule has 0 bridgehead atoms. The summed E-state index contributed by atoms with van der Waals surface area (Å²) in [5, 5.41) is 4.56. The molecule has 172 valence electrons. The average Bonchev–Trinajstić information content (AvgIpc) is 3.00. The van der Waals surface area contributed by atoms with Gasteiger partial charge in [-0.3, -0.25) is 4.79 Å². The van der Waals surface area contributed by atoms with Crippen LogP contribution in [0.3, 0.4) is 0 Å². The lowest BCUT2D eigenvalue weighted by Gasteiger charge is -2.26. The van der Waals surface area contributed by atoms with Crippen LogP contribution < -0.4 is 15.0 Å². The van der Waals surface area contributed by atoms with E-state index in [-0.39, 0.29) is 5.91 Å². The van der Waals surface area contributed by atoms with Gasteiger partial charge in [-0.15, -0.1) is 0 Å². The van der Waals surface area contributed by atoms with Gasteiger partial charge in [0.1, 0.15) is 11.2 Å². The van der Waals surface area contributed by atoms with Crippen LogP contribution in [0.25, 0.3) is 0 Å². The van der Waals surface area contributed by atoms with E-state index in [0.29, 0.717) is 22.5 Å². The van der Waals surface area contributed by atoms with Crippen molar-refractivity contribution in [3.63, 3.8) is 0 Å². The van der Waals surface area contributed by atoms with Gasteiger partial charge in [0.2, 0.25) is 5.91 Å². The number of ether oxygens (including phenoxy) is 1. The van der Waals surface area contributed by atoms with Gasteiger partial charge < -0.3 is 15.0 Å². The molecule has 0 fully saturated rings. The topological polar surface area (TPSA) is 41.6 Å². The first-order chi connectivity index (χ1) is 15.8. The maximum absolute atomic E-state index is 14.0. The molecule has 0 aromatic heterocycles. The van der Waals surface area contributed by atoms with Crippen LogP contribution in [0.15, 0.2) is 60.7 Å². The van der Waals surface area contributed by atoms with Crippen molar-refractivity contribution in [1.29, 1.82) is 0 Å². The Labute approximate surface area is 205 Å². The van der Waals surface area contributed by atoms with Crippen LogP contribution in [0, 0.1) is 5.92 Å². The molecule has 33 heavy (non-hydrogen) atoms. The number of amides is 1. The lowest BCUT2D eigenvalue weighted by molar-refractivity contribution is -0.121. The fourth-order valence-electron chi connectivity index (χ4n) is 4.40. The first kappa shape index (κ1) is 23.5. The molecule has 0 spiro atoms. The molecule has 1 heterocycles. The van der Waals surface area contributed by atoms with Gasteiger partial charge >= 0.3 is 0 Å². The SMILES string of the molecule is COc1cc(NCC(C)C)ccc1CN1C(=O)C(C)(c2ccccc2Cl)c2cc(Cl)ccc21. The monoisotopic (exact) mass is 482 g/mol. The van der Waals surface area contributed by atoms with Gasteiger partial charge in [0.15, 0.2) is 0 Å². The van der Waals surface area contributed by atoms with Gasteiger partial charge in [-0.05, 0) is 54.3 Å². The Kier molecular flexibility index (Phi) is 6.60. The Bertz CT molecular complexity index is 1190. The number of halogens is 2. The predicted octanol–water partition coefficient (Wildman–Crippen LogP) is 6.92. The van der Waals surface area contributed by atoms with Gasteiger partial charge in [-0.2, -0.15) is 0 Å². The summed E-state index contributed by atoms with van der Waals surface area (Å²) in [7, 11) is 1.65. The van der Waals surface area contributed by atoms with E-state index in [4.69, 9.17) is 27.9 Å². The van der Waals surface area contributed by atoms with Gasteiger partial charge in [-0.25, -0.2) is 0 Å². The molecule has 3 aromatic carbocycles. The molecule has 0 saturated heterocycles. The average molecular weight is 483 g/mol. The van der Waals surface area contributed by atoms with Crippen molar-refractivity contribution in [3.8, 4) is 5.75 Å². The molecular formula is C27H28Cl2N2O2. The minimum absolute atomic E-state index is 0.0445. The Morgan fingerprint density at radius 3 is 2.48 bits per heavy atom. The Morgan fingerprint density at radius 1 is 1.03 bits per heavy atom. The van der Waals surface area contributed by atoms with Gasteiger partial charge in [-0.1, -0.05) is 61.3 Å². The molecule has 1 amide bonds. The summed E-state index contributed by atoms with van der Waals surface area (Å²) >= 11 is 12.9. The van der Waals surface area contributed by atoms with E-state index in [1.54, 1.807) is 12.0 Å². The van der Waals surface area contributed by atoms with Crippen molar-refractivity contribution in [2.24, 2.45) is 5.92 Å². The van der Waals surface area contributed by atoms with Crippen LogP contribution in [0.4, 0.5) is 11.4 Å². The molecule has 1 aliphatic rings. The molecule has 3 aromatic rings. The number of hydrogen-bond donors (Lipinski definition) is 1. The first-order valence-electron chi connectivity index (χ1n) is 11.0. The van der Waals surface area contributed by atoms with Gasteiger partial charge in [0.25, 0.3) is 0 Å². The van der Waals surface area contributed by atoms with Crippen molar-refractivity contribution < 1.29 is 9.53 Å². The van der Waals surface area contributed by atoms with E-state index < -0.39 is 5.41 Å². The lowest BCUT2D eigenvalue weighted by Crippen LogP contribution is -2.39. The number of carbonyl (C=O) groups is 1. The Morgan fingerprint density at radius 2 is 1.79 bits per heavy atom. The summed E-state index contributed by atoms with van der Waals surface area (Å²) in [6.45, 7) is 7.50. The van der Waals surface area contributed by atoms with Crippen LogP contribution >= 0.6 is 23.2 Å². The number of fused-ring (bicyclic) bond motifs is 1. The standard InChI is InChI=1S/C27H28Cl2N2O2/c1-17(2)15-30-20-11-9-18(25(14-20)33-4)16-31-24-12-10-19(28)13-22(24)27(3,26(31)32)21-7-5-6-8-23(21)29/h5-14,17,30H,15-16H2,1-4H3. The summed E-state index contributed by atoms with van der Waals surface area (Å²) in [5.74, 6) is 1.22. The van der Waals surface area contributed by atoms with E-state index in [2.05, 4.69) is 19.2 Å². The number of nitrogens with one attached hydrogen (secondary N) is 1. The highest BCUT2D eigenvalue weighted by Gasteiger charge is 2.49.